The molecule has 108 valence electrons. The lowest BCUT2D eigenvalue weighted by molar-refractivity contribution is -0.121. The van der Waals surface area contributed by atoms with Crippen LogP contribution in [0.1, 0.15) is 6.92 Å². The van der Waals surface area contributed by atoms with Gasteiger partial charge in [0.1, 0.15) is 10.6 Å². The number of methoxy groups -OCH3 is 1. The number of imidazole rings is 1. The number of ether oxygens (including phenoxy) is 1. The van der Waals surface area contributed by atoms with Gasteiger partial charge < -0.3 is 19.8 Å². The van der Waals surface area contributed by atoms with Crippen molar-refractivity contribution >= 4 is 33.3 Å². The van der Waals surface area contributed by atoms with Gasteiger partial charge in [-0.15, -0.1) is 0 Å². The molecule has 8 heteroatoms. The maximum Gasteiger partial charge on any atom is 0.242 e. The predicted molar refractivity (Wildman–Crippen MR) is 78.7 cm³/mol. The van der Waals surface area contributed by atoms with E-state index in [9.17, 15) is 4.79 Å². The SMILES string of the molecule is COCCNC(=O)C(C)Nc1nc(Br)cn2ccnc12. The third kappa shape index (κ3) is 3.45. The summed E-state index contributed by atoms with van der Waals surface area (Å²) in [7, 11) is 1.59. The molecule has 0 spiro atoms. The van der Waals surface area contributed by atoms with Crippen molar-refractivity contribution in [2.24, 2.45) is 0 Å². The van der Waals surface area contributed by atoms with E-state index in [1.54, 1.807) is 26.4 Å². The first kappa shape index (κ1) is 14.7. The molecule has 0 aliphatic carbocycles. The van der Waals surface area contributed by atoms with Crippen LogP contribution in [0.2, 0.25) is 0 Å². The average Bonchev–Trinajstić information content (AvgIpc) is 2.86. The lowest BCUT2D eigenvalue weighted by Gasteiger charge is -2.15. The summed E-state index contributed by atoms with van der Waals surface area (Å²) in [6.07, 6.45) is 5.30. The van der Waals surface area contributed by atoms with Gasteiger partial charge in [-0.1, -0.05) is 0 Å². The van der Waals surface area contributed by atoms with Crippen LogP contribution in [0.15, 0.2) is 23.2 Å². The smallest absolute Gasteiger partial charge is 0.242 e. The number of halogens is 1. The van der Waals surface area contributed by atoms with Crippen LogP contribution >= 0.6 is 15.9 Å². The fourth-order valence-electron chi connectivity index (χ4n) is 1.70. The number of amides is 1. The number of aromatic nitrogens is 3. The van der Waals surface area contributed by atoms with E-state index in [-0.39, 0.29) is 5.91 Å². The highest BCUT2D eigenvalue weighted by atomic mass is 79.9. The fraction of sp³-hybridized carbons (Fsp3) is 0.417. The Bertz CT molecular complexity index is 601. The minimum Gasteiger partial charge on any atom is -0.383 e. The summed E-state index contributed by atoms with van der Waals surface area (Å²) in [6.45, 7) is 2.73. The van der Waals surface area contributed by atoms with Crippen molar-refractivity contribution in [3.8, 4) is 0 Å². The van der Waals surface area contributed by atoms with Crippen LogP contribution in [-0.4, -0.2) is 46.6 Å². The molecule has 1 amide bonds. The van der Waals surface area contributed by atoms with Crippen molar-refractivity contribution < 1.29 is 9.53 Å². The first-order valence-corrected chi connectivity index (χ1v) is 6.93. The molecule has 2 rings (SSSR count). The molecule has 7 nitrogen and oxygen atoms in total. The highest BCUT2D eigenvalue weighted by molar-refractivity contribution is 9.10. The van der Waals surface area contributed by atoms with Gasteiger partial charge in [-0.25, -0.2) is 9.97 Å². The van der Waals surface area contributed by atoms with Crippen molar-refractivity contribution in [1.29, 1.82) is 0 Å². The molecule has 2 N–H and O–H groups in total. The molecule has 0 bridgehead atoms. The molecular formula is C12H16BrN5O2. The maximum absolute atomic E-state index is 11.9. The molecular weight excluding hydrogens is 326 g/mol. The van der Waals surface area contributed by atoms with Gasteiger partial charge >= 0.3 is 0 Å². The molecule has 2 aromatic rings. The molecule has 0 aliphatic rings. The number of carbonyl (C=O) groups is 1. The Hall–Kier alpha value is -1.67. The predicted octanol–water partition coefficient (Wildman–Crippen LogP) is 1.05. The molecule has 2 heterocycles. The lowest BCUT2D eigenvalue weighted by Crippen LogP contribution is -2.39. The van der Waals surface area contributed by atoms with Crippen LogP contribution in [0.3, 0.4) is 0 Å². The summed E-state index contributed by atoms with van der Waals surface area (Å²) in [4.78, 5) is 20.4. The van der Waals surface area contributed by atoms with Crippen molar-refractivity contribution in [3.05, 3.63) is 23.2 Å². The van der Waals surface area contributed by atoms with Gasteiger partial charge in [-0.2, -0.15) is 0 Å². The molecule has 0 fully saturated rings. The molecule has 0 saturated heterocycles. The van der Waals surface area contributed by atoms with Crippen molar-refractivity contribution in [2.45, 2.75) is 13.0 Å². The zero-order valence-electron chi connectivity index (χ0n) is 11.3. The number of anilines is 1. The monoisotopic (exact) mass is 341 g/mol. The van der Waals surface area contributed by atoms with Crippen LogP contribution < -0.4 is 10.6 Å². The van der Waals surface area contributed by atoms with Crippen LogP contribution in [0, 0.1) is 0 Å². The van der Waals surface area contributed by atoms with E-state index in [0.717, 1.165) is 0 Å². The number of carbonyl (C=O) groups excluding carboxylic acids is 1. The molecule has 0 radical (unpaired) electrons. The van der Waals surface area contributed by atoms with Gasteiger partial charge in [-0.3, -0.25) is 4.79 Å². The Kier molecular flexibility index (Phi) is 4.91. The Labute approximate surface area is 124 Å². The summed E-state index contributed by atoms with van der Waals surface area (Å²) in [5.41, 5.74) is 0.671. The van der Waals surface area contributed by atoms with Crippen molar-refractivity contribution in [2.75, 3.05) is 25.6 Å². The highest BCUT2D eigenvalue weighted by Gasteiger charge is 2.15. The third-order valence-corrected chi connectivity index (χ3v) is 3.08. The van der Waals surface area contributed by atoms with E-state index < -0.39 is 6.04 Å². The van der Waals surface area contributed by atoms with E-state index in [4.69, 9.17) is 4.74 Å². The average molecular weight is 342 g/mol. The van der Waals surface area contributed by atoms with E-state index in [2.05, 4.69) is 36.5 Å². The molecule has 0 saturated carbocycles. The molecule has 2 aromatic heterocycles. The molecule has 0 aliphatic heterocycles. The summed E-state index contributed by atoms with van der Waals surface area (Å²) in [5.74, 6) is 0.437. The highest BCUT2D eigenvalue weighted by Crippen LogP contribution is 2.17. The van der Waals surface area contributed by atoms with Crippen LogP contribution in [-0.2, 0) is 9.53 Å². The summed E-state index contributed by atoms with van der Waals surface area (Å²) >= 11 is 3.33. The first-order chi connectivity index (χ1) is 9.61. The molecule has 1 unspecified atom stereocenters. The number of fused-ring (bicyclic) bond motifs is 1. The van der Waals surface area contributed by atoms with Crippen molar-refractivity contribution in [1.82, 2.24) is 19.7 Å². The van der Waals surface area contributed by atoms with E-state index in [0.29, 0.717) is 29.2 Å². The second-order valence-corrected chi connectivity index (χ2v) is 5.03. The van der Waals surface area contributed by atoms with Gasteiger partial charge in [0.15, 0.2) is 11.5 Å². The zero-order valence-corrected chi connectivity index (χ0v) is 12.8. The summed E-state index contributed by atoms with van der Waals surface area (Å²) in [6, 6.07) is -0.422. The standard InChI is InChI=1S/C12H16BrN5O2/c1-8(12(19)15-4-6-20-2)16-10-11-14-3-5-18(11)7-9(13)17-10/h3,5,7-8H,4,6H2,1-2H3,(H,15,19)(H,16,17). The van der Waals surface area contributed by atoms with Crippen molar-refractivity contribution in [3.63, 3.8) is 0 Å². The van der Waals surface area contributed by atoms with E-state index in [1.807, 2.05) is 10.6 Å². The Balaban J connectivity index is 2.07. The topological polar surface area (TPSA) is 80.5 Å². The minimum atomic E-state index is -0.422. The van der Waals surface area contributed by atoms with Gasteiger partial charge in [0.05, 0.1) is 6.61 Å². The number of nitrogens with one attached hydrogen (secondary N) is 2. The second kappa shape index (κ2) is 6.67. The zero-order chi connectivity index (χ0) is 14.5. The minimum absolute atomic E-state index is 0.117. The quantitative estimate of drug-likeness (QED) is 0.768. The molecule has 0 aromatic carbocycles. The van der Waals surface area contributed by atoms with E-state index in [1.165, 1.54) is 0 Å². The van der Waals surface area contributed by atoms with Crippen LogP contribution in [0.25, 0.3) is 5.65 Å². The van der Waals surface area contributed by atoms with Gasteiger partial charge in [0, 0.05) is 32.2 Å². The Morgan fingerprint density at radius 3 is 3.15 bits per heavy atom. The Morgan fingerprint density at radius 2 is 2.40 bits per heavy atom. The second-order valence-electron chi connectivity index (χ2n) is 4.22. The van der Waals surface area contributed by atoms with Gasteiger partial charge in [-0.05, 0) is 22.9 Å². The third-order valence-electron chi connectivity index (χ3n) is 2.70. The molecule has 20 heavy (non-hydrogen) atoms. The number of hydrogen-bond acceptors (Lipinski definition) is 5. The number of rotatable bonds is 6. The van der Waals surface area contributed by atoms with Crippen LogP contribution in [0.4, 0.5) is 5.82 Å². The summed E-state index contributed by atoms with van der Waals surface area (Å²) < 4.78 is 7.38. The van der Waals surface area contributed by atoms with E-state index >= 15 is 0 Å². The van der Waals surface area contributed by atoms with Crippen LogP contribution in [0.5, 0.6) is 0 Å². The largest absolute Gasteiger partial charge is 0.383 e. The fourth-order valence-corrected chi connectivity index (χ4v) is 2.10. The first-order valence-electron chi connectivity index (χ1n) is 6.14. The number of hydrogen-bond donors (Lipinski definition) is 2. The van der Waals surface area contributed by atoms with Gasteiger partial charge in [0.25, 0.3) is 0 Å². The molecule has 1 atom stereocenters. The normalized spacial score (nSPS) is 12.3. The number of nitrogens with zero attached hydrogens (tertiary/aromatic N) is 3. The van der Waals surface area contributed by atoms with Gasteiger partial charge in [0.2, 0.25) is 5.91 Å². The summed E-state index contributed by atoms with van der Waals surface area (Å²) in [5, 5.41) is 5.83. The maximum atomic E-state index is 11.9. The Morgan fingerprint density at radius 1 is 1.60 bits per heavy atom. The lowest BCUT2D eigenvalue weighted by atomic mass is 10.3.